The molecule has 0 saturated carbocycles. The van der Waals surface area contributed by atoms with E-state index in [9.17, 15) is 9.18 Å². The molecule has 1 aromatic carbocycles. The molecule has 0 unspecified atom stereocenters. The zero-order valence-electron chi connectivity index (χ0n) is 9.16. The highest BCUT2D eigenvalue weighted by atomic mass is 19.1. The first kappa shape index (κ1) is 12.4. The first-order valence-corrected chi connectivity index (χ1v) is 5.04. The number of rotatable bonds is 4. The minimum atomic E-state index is -0.409. The number of halogens is 1. The molecule has 0 radical (unpaired) electrons. The molecule has 0 bridgehead atoms. The van der Waals surface area contributed by atoms with E-state index in [-0.39, 0.29) is 5.91 Å². The number of carbonyl (C=O) groups is 1. The summed E-state index contributed by atoms with van der Waals surface area (Å²) in [5, 5.41) is 2.65. The van der Waals surface area contributed by atoms with Gasteiger partial charge in [0.15, 0.2) is 0 Å². The van der Waals surface area contributed by atoms with E-state index in [0.29, 0.717) is 18.7 Å². The molecule has 1 aromatic rings. The lowest BCUT2D eigenvalue weighted by molar-refractivity contribution is 0.0957. The van der Waals surface area contributed by atoms with Crippen LogP contribution < -0.4 is 11.1 Å². The van der Waals surface area contributed by atoms with Crippen molar-refractivity contribution in [2.75, 3.05) is 13.1 Å². The summed E-state index contributed by atoms with van der Waals surface area (Å²) in [6.45, 7) is 2.60. The highest BCUT2D eigenvalue weighted by Crippen LogP contribution is 2.09. The van der Waals surface area contributed by atoms with E-state index < -0.39 is 5.82 Å². The Morgan fingerprint density at radius 2 is 2.25 bits per heavy atom. The number of amides is 1. The molecule has 1 amide bonds. The number of benzene rings is 1. The van der Waals surface area contributed by atoms with Crippen molar-refractivity contribution in [3.63, 3.8) is 0 Å². The second kappa shape index (κ2) is 6.02. The van der Waals surface area contributed by atoms with Crippen molar-refractivity contribution in [3.8, 4) is 0 Å². The van der Waals surface area contributed by atoms with Gasteiger partial charge < -0.3 is 11.1 Å². The highest BCUT2D eigenvalue weighted by molar-refractivity contribution is 5.95. The van der Waals surface area contributed by atoms with Crippen LogP contribution in [0.3, 0.4) is 0 Å². The molecule has 86 valence electrons. The summed E-state index contributed by atoms with van der Waals surface area (Å²) in [4.78, 5) is 11.6. The third-order valence-electron chi connectivity index (χ3n) is 2.13. The van der Waals surface area contributed by atoms with E-state index in [2.05, 4.69) is 5.32 Å². The number of hydrogen-bond donors (Lipinski definition) is 2. The van der Waals surface area contributed by atoms with Crippen LogP contribution in [0.2, 0.25) is 0 Å². The van der Waals surface area contributed by atoms with E-state index >= 15 is 0 Å². The quantitative estimate of drug-likeness (QED) is 0.756. The molecule has 0 aromatic heterocycles. The van der Waals surface area contributed by atoms with Crippen LogP contribution in [-0.4, -0.2) is 19.0 Å². The topological polar surface area (TPSA) is 55.1 Å². The lowest BCUT2D eigenvalue weighted by Gasteiger charge is -2.05. The van der Waals surface area contributed by atoms with Gasteiger partial charge in [-0.25, -0.2) is 4.39 Å². The molecule has 0 fully saturated rings. The summed E-state index contributed by atoms with van der Waals surface area (Å²) in [6.07, 6.45) is 3.51. The Balaban J connectivity index is 2.65. The van der Waals surface area contributed by atoms with E-state index in [1.807, 2.05) is 0 Å². The fourth-order valence-electron chi connectivity index (χ4n) is 1.27. The van der Waals surface area contributed by atoms with Crippen molar-refractivity contribution in [1.29, 1.82) is 0 Å². The molecule has 0 saturated heterocycles. The standard InChI is InChI=1S/C12H15FN2O/c1-9-4-5-10(13)8-11(9)12(16)15-7-3-2-6-14/h2-5,8H,6-7,14H2,1H3,(H,15,16)/b3-2+. The Hall–Kier alpha value is -1.68. The molecule has 0 aliphatic heterocycles. The maximum atomic E-state index is 12.9. The van der Waals surface area contributed by atoms with Gasteiger partial charge in [-0.1, -0.05) is 18.2 Å². The third-order valence-corrected chi connectivity index (χ3v) is 2.13. The number of hydrogen-bond acceptors (Lipinski definition) is 2. The fraction of sp³-hybridized carbons (Fsp3) is 0.250. The molecule has 0 spiro atoms. The molecule has 4 heteroatoms. The zero-order chi connectivity index (χ0) is 12.0. The molecule has 1 rings (SSSR count). The summed E-state index contributed by atoms with van der Waals surface area (Å²) in [5.41, 5.74) is 6.37. The summed E-state index contributed by atoms with van der Waals surface area (Å²) < 4.78 is 12.9. The third kappa shape index (κ3) is 3.47. The Bertz CT molecular complexity index is 402. The van der Waals surface area contributed by atoms with Gasteiger partial charge >= 0.3 is 0 Å². The number of nitrogens with one attached hydrogen (secondary N) is 1. The van der Waals surface area contributed by atoms with E-state index in [4.69, 9.17) is 5.73 Å². The fourth-order valence-corrected chi connectivity index (χ4v) is 1.27. The van der Waals surface area contributed by atoms with Crippen molar-refractivity contribution in [2.24, 2.45) is 5.73 Å². The Labute approximate surface area is 94.1 Å². The average molecular weight is 222 g/mol. The second-order valence-electron chi connectivity index (χ2n) is 3.38. The zero-order valence-corrected chi connectivity index (χ0v) is 9.16. The predicted octanol–water partition coefficient (Wildman–Crippen LogP) is 1.38. The van der Waals surface area contributed by atoms with Crippen LogP contribution in [0.1, 0.15) is 15.9 Å². The lowest BCUT2D eigenvalue weighted by Crippen LogP contribution is -2.24. The maximum Gasteiger partial charge on any atom is 0.251 e. The lowest BCUT2D eigenvalue weighted by atomic mass is 10.1. The molecular weight excluding hydrogens is 207 g/mol. The highest BCUT2D eigenvalue weighted by Gasteiger charge is 2.08. The average Bonchev–Trinajstić information content (AvgIpc) is 2.27. The van der Waals surface area contributed by atoms with Crippen molar-refractivity contribution < 1.29 is 9.18 Å². The summed E-state index contributed by atoms with van der Waals surface area (Å²) >= 11 is 0. The molecule has 3 nitrogen and oxygen atoms in total. The smallest absolute Gasteiger partial charge is 0.251 e. The molecule has 0 aliphatic carbocycles. The monoisotopic (exact) mass is 222 g/mol. The number of carbonyl (C=O) groups excluding carboxylic acids is 1. The summed E-state index contributed by atoms with van der Waals surface area (Å²) in [7, 11) is 0. The van der Waals surface area contributed by atoms with E-state index in [1.165, 1.54) is 12.1 Å². The van der Waals surface area contributed by atoms with Gasteiger partial charge in [0.25, 0.3) is 5.91 Å². The number of nitrogens with two attached hydrogens (primary N) is 1. The van der Waals surface area contributed by atoms with Crippen molar-refractivity contribution in [1.82, 2.24) is 5.32 Å². The normalized spacial score (nSPS) is 10.7. The van der Waals surface area contributed by atoms with E-state index in [0.717, 1.165) is 5.56 Å². The van der Waals surface area contributed by atoms with Crippen LogP contribution >= 0.6 is 0 Å². The van der Waals surface area contributed by atoms with Crippen molar-refractivity contribution in [2.45, 2.75) is 6.92 Å². The van der Waals surface area contributed by atoms with Gasteiger partial charge in [-0.2, -0.15) is 0 Å². The van der Waals surface area contributed by atoms with Gasteiger partial charge in [0, 0.05) is 18.7 Å². The Morgan fingerprint density at radius 3 is 2.94 bits per heavy atom. The molecular formula is C12H15FN2O. The van der Waals surface area contributed by atoms with E-state index in [1.54, 1.807) is 25.1 Å². The first-order chi connectivity index (χ1) is 7.65. The van der Waals surface area contributed by atoms with Crippen LogP contribution in [0.25, 0.3) is 0 Å². The van der Waals surface area contributed by atoms with Gasteiger partial charge in [-0.15, -0.1) is 0 Å². The van der Waals surface area contributed by atoms with Gasteiger partial charge in [-0.05, 0) is 24.6 Å². The number of aryl methyl sites for hydroxylation is 1. The Morgan fingerprint density at radius 1 is 1.50 bits per heavy atom. The SMILES string of the molecule is Cc1ccc(F)cc1C(=O)NC/C=C/CN. The van der Waals surface area contributed by atoms with Crippen LogP contribution in [0.15, 0.2) is 30.4 Å². The minimum absolute atomic E-state index is 0.279. The van der Waals surface area contributed by atoms with Gasteiger partial charge in [0.05, 0.1) is 0 Å². The van der Waals surface area contributed by atoms with Crippen LogP contribution in [0, 0.1) is 12.7 Å². The first-order valence-electron chi connectivity index (χ1n) is 5.04. The Kier molecular flexibility index (Phi) is 4.66. The summed E-state index contributed by atoms with van der Waals surface area (Å²) in [5.74, 6) is -0.688. The van der Waals surface area contributed by atoms with Crippen LogP contribution in [-0.2, 0) is 0 Å². The van der Waals surface area contributed by atoms with Crippen molar-refractivity contribution >= 4 is 5.91 Å². The molecule has 0 aliphatic rings. The van der Waals surface area contributed by atoms with Crippen molar-refractivity contribution in [3.05, 3.63) is 47.3 Å². The second-order valence-corrected chi connectivity index (χ2v) is 3.38. The molecule has 3 N–H and O–H groups in total. The largest absolute Gasteiger partial charge is 0.349 e. The van der Waals surface area contributed by atoms with Gasteiger partial charge in [0.2, 0.25) is 0 Å². The molecule has 0 atom stereocenters. The minimum Gasteiger partial charge on any atom is -0.349 e. The van der Waals surface area contributed by atoms with Crippen LogP contribution in [0.4, 0.5) is 4.39 Å². The maximum absolute atomic E-state index is 12.9. The van der Waals surface area contributed by atoms with Crippen LogP contribution in [0.5, 0.6) is 0 Å². The summed E-state index contributed by atoms with van der Waals surface area (Å²) in [6, 6.07) is 4.15. The predicted molar refractivity (Wildman–Crippen MR) is 61.7 cm³/mol. The van der Waals surface area contributed by atoms with Gasteiger partial charge in [0.1, 0.15) is 5.82 Å². The van der Waals surface area contributed by atoms with Gasteiger partial charge in [-0.3, -0.25) is 4.79 Å². The molecule has 0 heterocycles. The molecule has 16 heavy (non-hydrogen) atoms.